The zero-order valence-corrected chi connectivity index (χ0v) is 9.84. The summed E-state index contributed by atoms with van der Waals surface area (Å²) in [4.78, 5) is 10.7. The summed E-state index contributed by atoms with van der Waals surface area (Å²) in [5.74, 6) is -0.882. The van der Waals surface area contributed by atoms with Crippen LogP contribution in [0.3, 0.4) is 0 Å². The number of benzene rings is 1. The molecule has 0 saturated carbocycles. The fourth-order valence-corrected chi connectivity index (χ4v) is 1.87. The van der Waals surface area contributed by atoms with Crippen LogP contribution < -0.4 is 0 Å². The number of carboxylic acid groups (broad SMARTS) is 1. The van der Waals surface area contributed by atoms with Crippen LogP contribution in [0.4, 0.5) is 0 Å². The normalized spacial score (nSPS) is 10.5. The van der Waals surface area contributed by atoms with Crippen LogP contribution in [0.15, 0.2) is 30.5 Å². The summed E-state index contributed by atoms with van der Waals surface area (Å²) in [6.07, 6.45) is 1.72. The first-order valence-electron chi connectivity index (χ1n) is 5.40. The van der Waals surface area contributed by atoms with Crippen molar-refractivity contribution in [3.63, 3.8) is 0 Å². The Morgan fingerprint density at radius 2 is 2.00 bits per heavy atom. The van der Waals surface area contributed by atoms with Crippen LogP contribution in [0.25, 0.3) is 11.1 Å². The molecule has 4 nitrogen and oxygen atoms in total. The molecule has 88 valence electrons. The van der Waals surface area contributed by atoms with Gasteiger partial charge in [-0.1, -0.05) is 24.3 Å². The minimum absolute atomic E-state index is 0.0995. The van der Waals surface area contributed by atoms with Crippen molar-refractivity contribution in [1.29, 1.82) is 0 Å². The fourth-order valence-electron chi connectivity index (χ4n) is 1.87. The summed E-state index contributed by atoms with van der Waals surface area (Å²) in [6, 6.07) is 8.00. The Balaban J connectivity index is 2.44. The maximum absolute atomic E-state index is 10.7. The highest BCUT2D eigenvalue weighted by atomic mass is 16.4. The summed E-state index contributed by atoms with van der Waals surface area (Å²) in [7, 11) is 0. The zero-order chi connectivity index (χ0) is 12.4. The molecular formula is C13H14N2O2. The summed E-state index contributed by atoms with van der Waals surface area (Å²) < 4.78 is 1.50. The number of aliphatic carboxylic acids is 1. The van der Waals surface area contributed by atoms with Crippen molar-refractivity contribution < 1.29 is 9.90 Å². The molecule has 0 atom stereocenters. The van der Waals surface area contributed by atoms with Crippen LogP contribution in [-0.4, -0.2) is 20.9 Å². The predicted octanol–water partition coefficient (Wildman–Crippen LogP) is 2.25. The molecule has 0 bridgehead atoms. The van der Waals surface area contributed by atoms with Gasteiger partial charge in [0.2, 0.25) is 0 Å². The van der Waals surface area contributed by atoms with Crippen LogP contribution in [0.5, 0.6) is 0 Å². The Bertz CT molecular complexity index is 558. The van der Waals surface area contributed by atoms with Crippen LogP contribution in [-0.2, 0) is 11.3 Å². The third-order valence-corrected chi connectivity index (χ3v) is 2.82. The molecule has 0 radical (unpaired) electrons. The molecule has 1 N–H and O–H groups in total. The first-order valence-corrected chi connectivity index (χ1v) is 5.40. The number of carboxylic acids is 1. The number of hydrogen-bond donors (Lipinski definition) is 1. The number of carbonyl (C=O) groups is 1. The Morgan fingerprint density at radius 1 is 1.29 bits per heavy atom. The van der Waals surface area contributed by atoms with E-state index in [2.05, 4.69) is 5.10 Å². The van der Waals surface area contributed by atoms with Gasteiger partial charge in [-0.15, -0.1) is 0 Å². The first kappa shape index (κ1) is 11.4. The second-order valence-corrected chi connectivity index (χ2v) is 4.01. The third kappa shape index (κ3) is 2.20. The summed E-state index contributed by atoms with van der Waals surface area (Å²) in [6.45, 7) is 3.82. The molecule has 0 amide bonds. The molecule has 1 aromatic carbocycles. The molecule has 1 heterocycles. The lowest BCUT2D eigenvalue weighted by molar-refractivity contribution is -0.137. The maximum atomic E-state index is 10.7. The zero-order valence-electron chi connectivity index (χ0n) is 9.84. The lowest BCUT2D eigenvalue weighted by Crippen LogP contribution is -2.11. The van der Waals surface area contributed by atoms with E-state index >= 15 is 0 Å². The van der Waals surface area contributed by atoms with Gasteiger partial charge >= 0.3 is 5.97 Å². The number of nitrogens with zero attached hydrogens (tertiary/aromatic N) is 2. The number of aromatic nitrogens is 2. The average molecular weight is 230 g/mol. The molecule has 2 aromatic rings. The van der Waals surface area contributed by atoms with Gasteiger partial charge in [0.05, 0.1) is 6.20 Å². The summed E-state index contributed by atoms with van der Waals surface area (Å²) in [5.41, 5.74) is 4.12. The van der Waals surface area contributed by atoms with Crippen molar-refractivity contribution >= 4 is 5.97 Å². The van der Waals surface area contributed by atoms with E-state index in [0.717, 1.165) is 22.4 Å². The van der Waals surface area contributed by atoms with E-state index in [9.17, 15) is 4.79 Å². The van der Waals surface area contributed by atoms with Crippen molar-refractivity contribution in [3.05, 3.63) is 41.7 Å². The Kier molecular flexibility index (Phi) is 2.95. The van der Waals surface area contributed by atoms with Crippen LogP contribution >= 0.6 is 0 Å². The molecule has 0 aliphatic rings. The van der Waals surface area contributed by atoms with E-state index in [1.54, 1.807) is 6.20 Å². The quantitative estimate of drug-likeness (QED) is 0.879. The summed E-state index contributed by atoms with van der Waals surface area (Å²) >= 11 is 0. The third-order valence-electron chi connectivity index (χ3n) is 2.82. The van der Waals surface area contributed by atoms with Gasteiger partial charge in [-0.2, -0.15) is 5.10 Å². The molecule has 0 aliphatic heterocycles. The molecule has 0 spiro atoms. The van der Waals surface area contributed by atoms with Crippen molar-refractivity contribution in [2.24, 2.45) is 0 Å². The minimum atomic E-state index is -0.882. The van der Waals surface area contributed by atoms with E-state index in [1.165, 1.54) is 4.68 Å². The van der Waals surface area contributed by atoms with Crippen molar-refractivity contribution in [3.8, 4) is 11.1 Å². The lowest BCUT2D eigenvalue weighted by atomic mass is 10.0. The molecule has 4 heteroatoms. The van der Waals surface area contributed by atoms with E-state index in [0.29, 0.717) is 0 Å². The summed E-state index contributed by atoms with van der Waals surface area (Å²) in [5, 5.41) is 12.9. The van der Waals surface area contributed by atoms with Crippen molar-refractivity contribution in [2.45, 2.75) is 20.4 Å². The second-order valence-electron chi connectivity index (χ2n) is 4.01. The monoisotopic (exact) mass is 230 g/mol. The van der Waals surface area contributed by atoms with Crippen LogP contribution in [0.1, 0.15) is 11.3 Å². The largest absolute Gasteiger partial charge is 0.480 e. The highest BCUT2D eigenvalue weighted by Gasteiger charge is 2.11. The van der Waals surface area contributed by atoms with E-state index in [4.69, 9.17) is 5.11 Å². The number of hydrogen-bond acceptors (Lipinski definition) is 2. The van der Waals surface area contributed by atoms with E-state index in [-0.39, 0.29) is 6.54 Å². The molecule has 0 saturated heterocycles. The SMILES string of the molecule is Cc1ccccc1-c1cnn(CC(=O)O)c1C. The van der Waals surface area contributed by atoms with E-state index < -0.39 is 5.97 Å². The average Bonchev–Trinajstić information content (AvgIpc) is 2.61. The standard InChI is InChI=1S/C13H14N2O2/c1-9-5-3-4-6-11(9)12-7-14-15(10(12)2)8-13(16)17/h3-7H,8H2,1-2H3,(H,16,17). The second kappa shape index (κ2) is 4.41. The predicted molar refractivity (Wildman–Crippen MR) is 64.8 cm³/mol. The van der Waals surface area contributed by atoms with Gasteiger partial charge in [0, 0.05) is 11.3 Å². The highest BCUT2D eigenvalue weighted by Crippen LogP contribution is 2.25. The molecule has 0 unspecified atom stereocenters. The Hall–Kier alpha value is -2.10. The molecule has 17 heavy (non-hydrogen) atoms. The lowest BCUT2D eigenvalue weighted by Gasteiger charge is -2.05. The fraction of sp³-hybridized carbons (Fsp3) is 0.231. The smallest absolute Gasteiger partial charge is 0.325 e. The highest BCUT2D eigenvalue weighted by molar-refractivity contribution is 5.70. The van der Waals surface area contributed by atoms with Gasteiger partial charge in [-0.3, -0.25) is 9.48 Å². The number of rotatable bonds is 3. The molecular weight excluding hydrogens is 216 g/mol. The Morgan fingerprint density at radius 3 is 2.65 bits per heavy atom. The van der Waals surface area contributed by atoms with Gasteiger partial charge in [0.25, 0.3) is 0 Å². The molecule has 1 aromatic heterocycles. The van der Waals surface area contributed by atoms with Gasteiger partial charge < -0.3 is 5.11 Å². The maximum Gasteiger partial charge on any atom is 0.325 e. The van der Waals surface area contributed by atoms with Crippen LogP contribution in [0, 0.1) is 13.8 Å². The van der Waals surface area contributed by atoms with Gasteiger partial charge in [0.1, 0.15) is 6.54 Å². The van der Waals surface area contributed by atoms with Crippen molar-refractivity contribution in [2.75, 3.05) is 0 Å². The Labute approximate surface area is 99.5 Å². The first-order chi connectivity index (χ1) is 8.09. The van der Waals surface area contributed by atoms with Crippen molar-refractivity contribution in [1.82, 2.24) is 9.78 Å². The number of aryl methyl sites for hydroxylation is 1. The van der Waals surface area contributed by atoms with Gasteiger partial charge in [0.15, 0.2) is 0 Å². The minimum Gasteiger partial charge on any atom is -0.480 e. The topological polar surface area (TPSA) is 55.1 Å². The molecule has 0 fully saturated rings. The van der Waals surface area contributed by atoms with E-state index in [1.807, 2.05) is 38.1 Å². The molecule has 2 rings (SSSR count). The van der Waals surface area contributed by atoms with Crippen LogP contribution in [0.2, 0.25) is 0 Å². The van der Waals surface area contributed by atoms with Gasteiger partial charge in [-0.05, 0) is 25.0 Å². The molecule has 0 aliphatic carbocycles. The van der Waals surface area contributed by atoms with Gasteiger partial charge in [-0.25, -0.2) is 0 Å².